The summed E-state index contributed by atoms with van der Waals surface area (Å²) < 4.78 is 0. The first-order chi connectivity index (χ1) is 7.78. The molecule has 0 radical (unpaired) electrons. The van der Waals surface area contributed by atoms with Crippen LogP contribution in [-0.4, -0.2) is 16.6 Å². The normalized spacial score (nSPS) is 20.3. The summed E-state index contributed by atoms with van der Waals surface area (Å²) in [4.78, 5) is 12.3. The van der Waals surface area contributed by atoms with Gasteiger partial charge in [0.1, 0.15) is 5.78 Å². The molecule has 86 valence electrons. The van der Waals surface area contributed by atoms with E-state index in [2.05, 4.69) is 0 Å². The highest BCUT2D eigenvalue weighted by Crippen LogP contribution is 2.29. The fraction of sp³-hybridized carbons (Fsp3) is 0.462. The van der Waals surface area contributed by atoms with E-state index in [-0.39, 0.29) is 6.61 Å². The van der Waals surface area contributed by atoms with Gasteiger partial charge in [0.05, 0.1) is 6.61 Å². The van der Waals surface area contributed by atoms with Gasteiger partial charge in [-0.05, 0) is 30.0 Å². The third-order valence-electron chi connectivity index (χ3n) is 2.94. The minimum absolute atomic E-state index is 0.0993. The Morgan fingerprint density at radius 2 is 2.06 bits per heavy atom. The highest BCUT2D eigenvalue weighted by molar-refractivity contribution is 7.99. The molecule has 0 heterocycles. The number of hydrogen-bond donors (Lipinski definition) is 1. The van der Waals surface area contributed by atoms with E-state index in [1.807, 2.05) is 24.3 Å². The number of Topliss-reactive ketones (excluding diaryl/α,β-unsaturated/α-hetero) is 1. The summed E-state index contributed by atoms with van der Waals surface area (Å²) in [6.07, 6.45) is 2.59. The molecule has 1 N–H and O–H groups in total. The smallest absolute Gasteiger partial charge is 0.133 e. The zero-order valence-corrected chi connectivity index (χ0v) is 10.0. The lowest BCUT2D eigenvalue weighted by atomic mass is 10.1. The molecule has 1 aliphatic carbocycles. The van der Waals surface area contributed by atoms with Gasteiger partial charge in [-0.25, -0.2) is 0 Å². The second kappa shape index (κ2) is 5.51. The van der Waals surface area contributed by atoms with Crippen LogP contribution in [0, 0.1) is 5.92 Å². The fourth-order valence-electron chi connectivity index (χ4n) is 1.94. The Morgan fingerprint density at radius 3 is 2.62 bits per heavy atom. The minimum Gasteiger partial charge on any atom is -0.392 e. The lowest BCUT2D eigenvalue weighted by molar-refractivity contribution is -0.117. The summed E-state index contributed by atoms with van der Waals surface area (Å²) in [5, 5.41) is 8.92. The molecule has 1 aromatic carbocycles. The highest BCUT2D eigenvalue weighted by atomic mass is 32.2. The molecule has 0 bridgehead atoms. The second-order valence-electron chi connectivity index (χ2n) is 4.26. The molecular formula is C13H16O2S. The number of thioether (sulfide) groups is 1. The van der Waals surface area contributed by atoms with Crippen LogP contribution < -0.4 is 0 Å². The zero-order valence-electron chi connectivity index (χ0n) is 9.19. The van der Waals surface area contributed by atoms with Crippen LogP contribution in [-0.2, 0) is 11.4 Å². The molecule has 0 unspecified atom stereocenters. The molecule has 1 fully saturated rings. The molecule has 1 aliphatic rings. The van der Waals surface area contributed by atoms with Gasteiger partial charge in [0.25, 0.3) is 0 Å². The van der Waals surface area contributed by atoms with Crippen molar-refractivity contribution in [3.63, 3.8) is 0 Å². The first-order valence-electron chi connectivity index (χ1n) is 5.62. The summed E-state index contributed by atoms with van der Waals surface area (Å²) in [5.74, 6) is 2.01. The van der Waals surface area contributed by atoms with Gasteiger partial charge in [-0.1, -0.05) is 12.1 Å². The van der Waals surface area contributed by atoms with E-state index in [9.17, 15) is 4.79 Å². The molecule has 3 heteroatoms. The van der Waals surface area contributed by atoms with Gasteiger partial charge in [0.2, 0.25) is 0 Å². The molecule has 2 rings (SSSR count). The van der Waals surface area contributed by atoms with Crippen LogP contribution in [0.1, 0.15) is 24.8 Å². The van der Waals surface area contributed by atoms with Gasteiger partial charge in [-0.3, -0.25) is 4.79 Å². The van der Waals surface area contributed by atoms with Crippen molar-refractivity contribution in [3.8, 4) is 0 Å². The lowest BCUT2D eigenvalue weighted by Gasteiger charge is -2.07. The predicted molar refractivity (Wildman–Crippen MR) is 65.4 cm³/mol. The van der Waals surface area contributed by atoms with E-state index in [0.717, 1.165) is 30.6 Å². The number of rotatable bonds is 4. The molecule has 1 saturated carbocycles. The Labute approximate surface area is 100 Å². The number of carbonyl (C=O) groups excluding carboxylic acids is 1. The summed E-state index contributed by atoms with van der Waals surface area (Å²) in [6, 6.07) is 7.96. The summed E-state index contributed by atoms with van der Waals surface area (Å²) in [6.45, 7) is 0.0993. The van der Waals surface area contributed by atoms with Gasteiger partial charge in [-0.2, -0.15) is 0 Å². The van der Waals surface area contributed by atoms with Crippen molar-refractivity contribution >= 4 is 17.5 Å². The molecule has 0 spiro atoms. The van der Waals surface area contributed by atoms with Crippen molar-refractivity contribution in [3.05, 3.63) is 29.8 Å². The van der Waals surface area contributed by atoms with Crippen LogP contribution in [0.2, 0.25) is 0 Å². The van der Waals surface area contributed by atoms with Crippen LogP contribution in [0.3, 0.4) is 0 Å². The van der Waals surface area contributed by atoms with Gasteiger partial charge in [-0.15, -0.1) is 11.8 Å². The number of hydrogen-bond acceptors (Lipinski definition) is 3. The van der Waals surface area contributed by atoms with E-state index >= 15 is 0 Å². The van der Waals surface area contributed by atoms with Crippen LogP contribution in [0.5, 0.6) is 0 Å². The molecule has 0 aromatic heterocycles. The van der Waals surface area contributed by atoms with E-state index in [4.69, 9.17) is 5.11 Å². The Hall–Kier alpha value is -0.800. The quantitative estimate of drug-likeness (QED) is 0.817. The fourth-order valence-corrected chi connectivity index (χ4v) is 2.98. The number of carbonyl (C=O) groups is 1. The molecule has 0 aliphatic heterocycles. The largest absolute Gasteiger partial charge is 0.392 e. The molecule has 16 heavy (non-hydrogen) atoms. The predicted octanol–water partition coefficient (Wildman–Crippen LogP) is 2.64. The molecule has 0 saturated heterocycles. The topological polar surface area (TPSA) is 37.3 Å². The summed E-state index contributed by atoms with van der Waals surface area (Å²) >= 11 is 1.81. The van der Waals surface area contributed by atoms with Crippen molar-refractivity contribution in [1.82, 2.24) is 0 Å². The maximum atomic E-state index is 11.1. The van der Waals surface area contributed by atoms with Crippen LogP contribution in [0.4, 0.5) is 0 Å². The summed E-state index contributed by atoms with van der Waals surface area (Å²) in [7, 11) is 0. The van der Waals surface area contributed by atoms with Crippen molar-refractivity contribution in [1.29, 1.82) is 0 Å². The third-order valence-corrected chi connectivity index (χ3v) is 4.18. The van der Waals surface area contributed by atoms with Gasteiger partial charge < -0.3 is 5.11 Å². The van der Waals surface area contributed by atoms with Gasteiger partial charge in [0, 0.05) is 23.5 Å². The average Bonchev–Trinajstić information content (AvgIpc) is 2.73. The van der Waals surface area contributed by atoms with Crippen molar-refractivity contribution in [2.75, 3.05) is 5.75 Å². The van der Waals surface area contributed by atoms with E-state index < -0.39 is 0 Å². The molecule has 2 nitrogen and oxygen atoms in total. The third kappa shape index (κ3) is 3.09. The molecule has 1 aromatic rings. The van der Waals surface area contributed by atoms with Crippen LogP contribution in [0.15, 0.2) is 29.2 Å². The standard InChI is InChI=1S/C13H16O2S/c14-8-10-2-5-13(6-3-10)16-9-11-1-4-12(15)7-11/h2-3,5-6,11,14H,1,4,7-9H2/t11-/m0/s1. The maximum Gasteiger partial charge on any atom is 0.133 e. The lowest BCUT2D eigenvalue weighted by Crippen LogP contribution is -1.98. The number of benzene rings is 1. The zero-order chi connectivity index (χ0) is 11.4. The number of aliphatic hydroxyl groups excluding tert-OH is 1. The Kier molecular flexibility index (Phi) is 4.02. The van der Waals surface area contributed by atoms with Crippen LogP contribution in [0.25, 0.3) is 0 Å². The Bertz CT molecular complexity index is 359. The molecule has 0 amide bonds. The second-order valence-corrected chi connectivity index (χ2v) is 5.35. The Morgan fingerprint density at radius 1 is 1.31 bits per heavy atom. The number of aliphatic hydroxyl groups is 1. The molecule has 1 atom stereocenters. The van der Waals surface area contributed by atoms with Crippen molar-refractivity contribution < 1.29 is 9.90 Å². The van der Waals surface area contributed by atoms with Gasteiger partial charge >= 0.3 is 0 Å². The van der Waals surface area contributed by atoms with E-state index in [1.165, 1.54) is 4.90 Å². The average molecular weight is 236 g/mol. The first kappa shape index (κ1) is 11.7. The first-order valence-corrected chi connectivity index (χ1v) is 6.61. The monoisotopic (exact) mass is 236 g/mol. The van der Waals surface area contributed by atoms with Crippen molar-refractivity contribution in [2.45, 2.75) is 30.8 Å². The summed E-state index contributed by atoms with van der Waals surface area (Å²) in [5.41, 5.74) is 0.945. The SMILES string of the molecule is O=C1CC[C@H](CSc2ccc(CO)cc2)C1. The van der Waals surface area contributed by atoms with Crippen LogP contribution >= 0.6 is 11.8 Å². The van der Waals surface area contributed by atoms with Gasteiger partial charge in [0.15, 0.2) is 0 Å². The Balaban J connectivity index is 1.82. The minimum atomic E-state index is 0.0993. The number of ketones is 1. The van der Waals surface area contributed by atoms with E-state index in [1.54, 1.807) is 11.8 Å². The van der Waals surface area contributed by atoms with Crippen molar-refractivity contribution in [2.24, 2.45) is 5.92 Å². The van der Waals surface area contributed by atoms with E-state index in [0.29, 0.717) is 11.7 Å². The highest BCUT2D eigenvalue weighted by Gasteiger charge is 2.21. The molecular weight excluding hydrogens is 220 g/mol. The maximum absolute atomic E-state index is 11.1.